The molecule has 2 rings (SSSR count). The van der Waals surface area contributed by atoms with E-state index in [9.17, 15) is 9.50 Å². The van der Waals surface area contributed by atoms with Crippen LogP contribution >= 0.6 is 27.3 Å². The molecule has 0 radical (unpaired) electrons. The molecule has 0 saturated carbocycles. The molecule has 0 fully saturated rings. The molecule has 1 aromatic heterocycles. The number of hydrogen-bond acceptors (Lipinski definition) is 3. The van der Waals surface area contributed by atoms with Crippen LogP contribution in [0.1, 0.15) is 22.4 Å². The van der Waals surface area contributed by atoms with Gasteiger partial charge >= 0.3 is 0 Å². The van der Waals surface area contributed by atoms with Crippen LogP contribution in [-0.4, -0.2) is 10.1 Å². The van der Waals surface area contributed by atoms with E-state index in [-0.39, 0.29) is 5.82 Å². The van der Waals surface area contributed by atoms with Gasteiger partial charge in [0.05, 0.1) is 11.1 Å². The molecule has 1 aromatic carbocycles. The number of halogens is 2. The van der Waals surface area contributed by atoms with E-state index in [1.165, 1.54) is 23.5 Å². The molecule has 0 bridgehead atoms. The van der Waals surface area contributed by atoms with E-state index in [1.807, 2.05) is 12.3 Å². The van der Waals surface area contributed by atoms with Crippen LogP contribution < -0.4 is 0 Å². The number of nitrogens with zero attached hydrogens (tertiary/aromatic N) is 1. The summed E-state index contributed by atoms with van der Waals surface area (Å²) in [5.41, 5.74) is 1.50. The van der Waals surface area contributed by atoms with Crippen molar-refractivity contribution >= 4 is 27.3 Å². The molecule has 0 spiro atoms. The maximum atomic E-state index is 13.2. The van der Waals surface area contributed by atoms with Crippen LogP contribution in [0.3, 0.4) is 0 Å². The third-order valence-corrected chi connectivity index (χ3v) is 3.75. The Hall–Kier alpha value is -0.780. The predicted molar refractivity (Wildman–Crippen MR) is 69.6 cm³/mol. The maximum Gasteiger partial charge on any atom is 0.124 e. The first-order valence-electron chi connectivity index (χ1n) is 5.09. The van der Waals surface area contributed by atoms with Crippen LogP contribution in [0.4, 0.5) is 4.39 Å². The van der Waals surface area contributed by atoms with E-state index in [2.05, 4.69) is 20.9 Å². The van der Waals surface area contributed by atoms with Crippen molar-refractivity contribution in [3.63, 3.8) is 0 Å². The first-order chi connectivity index (χ1) is 8.04. The van der Waals surface area contributed by atoms with Crippen molar-refractivity contribution in [3.8, 4) is 0 Å². The van der Waals surface area contributed by atoms with Gasteiger partial charge in [0, 0.05) is 22.0 Å². The van der Waals surface area contributed by atoms with Crippen LogP contribution in [0.2, 0.25) is 0 Å². The Labute approximate surface area is 111 Å². The van der Waals surface area contributed by atoms with Gasteiger partial charge in [0.15, 0.2) is 0 Å². The molecule has 2 nitrogen and oxygen atoms in total. The molecule has 5 heteroatoms. The van der Waals surface area contributed by atoms with Gasteiger partial charge in [-0.15, -0.1) is 11.3 Å². The number of thiazole rings is 1. The smallest absolute Gasteiger partial charge is 0.124 e. The molecule has 0 saturated heterocycles. The van der Waals surface area contributed by atoms with Gasteiger partial charge < -0.3 is 5.11 Å². The Kier molecular flexibility index (Phi) is 3.91. The fraction of sp³-hybridized carbons (Fsp3) is 0.250. The largest absolute Gasteiger partial charge is 0.388 e. The van der Waals surface area contributed by atoms with Crippen molar-refractivity contribution in [3.05, 3.63) is 50.1 Å². The van der Waals surface area contributed by atoms with E-state index in [1.54, 1.807) is 6.07 Å². The van der Waals surface area contributed by atoms with Crippen molar-refractivity contribution in [2.24, 2.45) is 0 Å². The van der Waals surface area contributed by atoms with Gasteiger partial charge in [-0.2, -0.15) is 0 Å². The van der Waals surface area contributed by atoms with E-state index in [0.29, 0.717) is 16.5 Å². The minimum absolute atomic E-state index is 0.358. The summed E-state index contributed by atoms with van der Waals surface area (Å²) < 4.78 is 13.8. The zero-order valence-electron chi connectivity index (χ0n) is 9.15. The fourth-order valence-corrected chi connectivity index (χ4v) is 2.84. The number of aliphatic hydroxyl groups is 1. The molecular weight excluding hydrogens is 305 g/mol. The number of hydrogen-bond donors (Lipinski definition) is 1. The molecule has 1 atom stereocenters. The molecule has 1 unspecified atom stereocenters. The van der Waals surface area contributed by atoms with Crippen LogP contribution in [0.25, 0.3) is 0 Å². The third kappa shape index (κ3) is 3.34. The summed E-state index contributed by atoms with van der Waals surface area (Å²) in [6, 6.07) is 4.42. The van der Waals surface area contributed by atoms with Crippen LogP contribution in [-0.2, 0) is 6.42 Å². The minimum atomic E-state index is -0.729. The average molecular weight is 316 g/mol. The van der Waals surface area contributed by atoms with Gasteiger partial charge in [-0.3, -0.25) is 0 Å². The van der Waals surface area contributed by atoms with Crippen LogP contribution in [0, 0.1) is 12.7 Å². The number of benzene rings is 1. The molecule has 2 aromatic rings. The van der Waals surface area contributed by atoms with Crippen LogP contribution in [0.15, 0.2) is 28.1 Å². The zero-order valence-corrected chi connectivity index (χ0v) is 11.6. The fourth-order valence-electron chi connectivity index (χ4n) is 1.55. The van der Waals surface area contributed by atoms with Gasteiger partial charge in [-0.1, -0.05) is 15.9 Å². The first-order valence-corrected chi connectivity index (χ1v) is 6.77. The second-order valence-corrected chi connectivity index (χ2v) is 5.66. The van der Waals surface area contributed by atoms with Crippen molar-refractivity contribution in [2.75, 3.05) is 0 Å². The van der Waals surface area contributed by atoms with E-state index in [0.717, 1.165) is 10.7 Å². The second-order valence-electron chi connectivity index (χ2n) is 3.81. The summed E-state index contributed by atoms with van der Waals surface area (Å²) in [5.74, 6) is -0.358. The third-order valence-electron chi connectivity index (χ3n) is 2.30. The Balaban J connectivity index is 2.16. The van der Waals surface area contributed by atoms with Crippen molar-refractivity contribution in [1.29, 1.82) is 0 Å². The summed E-state index contributed by atoms with van der Waals surface area (Å²) in [7, 11) is 0. The monoisotopic (exact) mass is 315 g/mol. The average Bonchev–Trinajstić information content (AvgIpc) is 2.62. The Morgan fingerprint density at radius 1 is 1.47 bits per heavy atom. The highest BCUT2D eigenvalue weighted by molar-refractivity contribution is 9.10. The highest BCUT2D eigenvalue weighted by Crippen LogP contribution is 2.24. The summed E-state index contributed by atoms with van der Waals surface area (Å²) in [5, 5.41) is 12.8. The summed E-state index contributed by atoms with van der Waals surface area (Å²) >= 11 is 4.71. The number of aryl methyl sites for hydroxylation is 1. The highest BCUT2D eigenvalue weighted by Gasteiger charge is 2.12. The Morgan fingerprint density at radius 2 is 2.24 bits per heavy atom. The standard InChI is InChI=1S/C12H11BrFNOS/c1-7-6-17-12(15-7)5-11(16)8-2-9(13)4-10(14)3-8/h2-4,6,11,16H,5H2,1H3. The lowest BCUT2D eigenvalue weighted by Gasteiger charge is -2.09. The molecule has 0 aliphatic rings. The van der Waals surface area contributed by atoms with Gasteiger partial charge in [0.2, 0.25) is 0 Å². The Bertz CT molecular complexity index is 509. The second kappa shape index (κ2) is 5.25. The van der Waals surface area contributed by atoms with E-state index in [4.69, 9.17) is 0 Å². The lowest BCUT2D eigenvalue weighted by molar-refractivity contribution is 0.178. The van der Waals surface area contributed by atoms with Gasteiger partial charge in [-0.25, -0.2) is 9.37 Å². The lowest BCUT2D eigenvalue weighted by Crippen LogP contribution is -2.02. The summed E-state index contributed by atoms with van der Waals surface area (Å²) in [4.78, 5) is 4.27. The topological polar surface area (TPSA) is 33.1 Å². The van der Waals surface area contributed by atoms with Crippen molar-refractivity contribution in [2.45, 2.75) is 19.4 Å². The molecule has 0 aliphatic carbocycles. The molecule has 90 valence electrons. The van der Waals surface area contributed by atoms with Gasteiger partial charge in [0.1, 0.15) is 5.82 Å². The molecule has 1 N–H and O–H groups in total. The molecule has 0 amide bonds. The quantitative estimate of drug-likeness (QED) is 0.938. The predicted octanol–water partition coefficient (Wildman–Crippen LogP) is 3.63. The molecular formula is C12H11BrFNOS. The molecule has 1 heterocycles. The molecule has 0 aliphatic heterocycles. The van der Waals surface area contributed by atoms with Crippen molar-refractivity contribution < 1.29 is 9.50 Å². The van der Waals surface area contributed by atoms with E-state index >= 15 is 0 Å². The highest BCUT2D eigenvalue weighted by atomic mass is 79.9. The molecule has 17 heavy (non-hydrogen) atoms. The summed E-state index contributed by atoms with van der Waals surface area (Å²) in [6.07, 6.45) is -0.318. The first kappa shape index (κ1) is 12.7. The normalized spacial score (nSPS) is 12.7. The number of aliphatic hydroxyl groups excluding tert-OH is 1. The minimum Gasteiger partial charge on any atom is -0.388 e. The van der Waals surface area contributed by atoms with E-state index < -0.39 is 6.10 Å². The maximum absolute atomic E-state index is 13.2. The number of rotatable bonds is 3. The summed E-state index contributed by atoms with van der Waals surface area (Å²) in [6.45, 7) is 1.91. The lowest BCUT2D eigenvalue weighted by atomic mass is 10.1. The van der Waals surface area contributed by atoms with Crippen molar-refractivity contribution in [1.82, 2.24) is 4.98 Å². The zero-order chi connectivity index (χ0) is 12.4. The Morgan fingerprint density at radius 3 is 2.82 bits per heavy atom. The van der Waals surface area contributed by atoms with Gasteiger partial charge in [0.25, 0.3) is 0 Å². The van der Waals surface area contributed by atoms with Crippen LogP contribution in [0.5, 0.6) is 0 Å². The SMILES string of the molecule is Cc1csc(CC(O)c2cc(F)cc(Br)c2)n1. The van der Waals surface area contributed by atoms with Gasteiger partial charge in [-0.05, 0) is 30.7 Å². The number of aromatic nitrogens is 1.